The topological polar surface area (TPSA) is 78.9 Å². The average Bonchev–Trinajstić information content (AvgIpc) is 3.35. The first kappa shape index (κ1) is 65.3. The molecule has 0 aliphatic carbocycles. The van der Waals surface area contributed by atoms with Gasteiger partial charge in [-0.05, 0) is 89.9 Å². The molecule has 394 valence electrons. The molecule has 6 nitrogen and oxygen atoms in total. The average molecular weight is 960 g/mol. The Kier molecular flexibility index (Phi) is 53.9. The lowest BCUT2D eigenvalue weighted by Gasteiger charge is -2.18. The van der Waals surface area contributed by atoms with Gasteiger partial charge in [0.25, 0.3) is 0 Å². The first-order valence-electron chi connectivity index (χ1n) is 28.7. The van der Waals surface area contributed by atoms with Crippen LogP contribution in [0.2, 0.25) is 0 Å². The Bertz CT molecular complexity index is 1380. The van der Waals surface area contributed by atoms with E-state index >= 15 is 0 Å². The van der Waals surface area contributed by atoms with Gasteiger partial charge in [-0.1, -0.05) is 253 Å². The molecule has 0 saturated heterocycles. The van der Waals surface area contributed by atoms with E-state index in [2.05, 4.69) is 118 Å². The summed E-state index contributed by atoms with van der Waals surface area (Å²) in [6, 6.07) is 0. The number of carbonyl (C=O) groups excluding carboxylic acids is 3. The van der Waals surface area contributed by atoms with E-state index < -0.39 is 6.10 Å². The van der Waals surface area contributed by atoms with E-state index in [0.29, 0.717) is 19.3 Å². The highest BCUT2D eigenvalue weighted by molar-refractivity contribution is 5.71. The van der Waals surface area contributed by atoms with Gasteiger partial charge in [-0.3, -0.25) is 14.4 Å². The highest BCUT2D eigenvalue weighted by Gasteiger charge is 2.19. The van der Waals surface area contributed by atoms with Gasteiger partial charge in [0.05, 0.1) is 0 Å². The maximum atomic E-state index is 12.9. The first-order valence-corrected chi connectivity index (χ1v) is 28.7. The molecular formula is C63H106O6. The van der Waals surface area contributed by atoms with Gasteiger partial charge in [0.15, 0.2) is 6.10 Å². The van der Waals surface area contributed by atoms with Crippen LogP contribution in [0, 0.1) is 0 Å². The van der Waals surface area contributed by atoms with Crippen molar-refractivity contribution in [3.05, 3.63) is 97.2 Å². The molecule has 0 amide bonds. The second-order valence-corrected chi connectivity index (χ2v) is 18.8. The Balaban J connectivity index is 4.47. The van der Waals surface area contributed by atoms with Crippen molar-refractivity contribution < 1.29 is 28.6 Å². The van der Waals surface area contributed by atoms with Crippen LogP contribution in [0.1, 0.15) is 265 Å². The Labute approximate surface area is 426 Å². The summed E-state index contributed by atoms with van der Waals surface area (Å²) >= 11 is 0. The van der Waals surface area contributed by atoms with E-state index in [1.165, 1.54) is 116 Å². The number of carbonyl (C=O) groups is 3. The molecule has 6 heteroatoms. The zero-order chi connectivity index (χ0) is 50.0. The number of rotatable bonds is 51. The number of ether oxygens (including phenoxy) is 3. The fourth-order valence-corrected chi connectivity index (χ4v) is 7.85. The van der Waals surface area contributed by atoms with Gasteiger partial charge in [-0.25, -0.2) is 0 Å². The van der Waals surface area contributed by atoms with Crippen LogP contribution in [0.25, 0.3) is 0 Å². The van der Waals surface area contributed by atoms with Crippen molar-refractivity contribution in [2.45, 2.75) is 271 Å². The Hall–Kier alpha value is -3.67. The number of hydrogen-bond donors (Lipinski definition) is 0. The molecule has 1 atom stereocenters. The Morgan fingerprint density at radius 1 is 0.304 bits per heavy atom. The van der Waals surface area contributed by atoms with Crippen LogP contribution in [0.3, 0.4) is 0 Å². The molecule has 0 aliphatic rings. The summed E-state index contributed by atoms with van der Waals surface area (Å²) in [4.78, 5) is 38.2. The number of unbranched alkanes of at least 4 members (excludes halogenated alkanes) is 24. The van der Waals surface area contributed by atoms with Gasteiger partial charge >= 0.3 is 17.9 Å². The number of allylic oxidation sites excluding steroid dienone is 16. The Morgan fingerprint density at radius 2 is 0.580 bits per heavy atom. The summed E-state index contributed by atoms with van der Waals surface area (Å²) in [5.41, 5.74) is 0. The maximum absolute atomic E-state index is 12.9. The lowest BCUT2D eigenvalue weighted by molar-refractivity contribution is -0.167. The summed E-state index contributed by atoms with van der Waals surface area (Å²) in [6.45, 7) is 6.38. The van der Waals surface area contributed by atoms with Crippen molar-refractivity contribution in [1.29, 1.82) is 0 Å². The third-order valence-corrected chi connectivity index (χ3v) is 12.1. The molecule has 0 rings (SSSR count). The molecule has 0 saturated carbocycles. The lowest BCUT2D eigenvalue weighted by atomic mass is 10.0. The minimum absolute atomic E-state index is 0.0978. The molecule has 0 N–H and O–H groups in total. The van der Waals surface area contributed by atoms with E-state index in [1.54, 1.807) is 0 Å². The third kappa shape index (κ3) is 55.1. The minimum atomic E-state index is -0.806. The summed E-state index contributed by atoms with van der Waals surface area (Å²) in [5, 5.41) is 0. The molecule has 0 fully saturated rings. The fraction of sp³-hybridized carbons (Fsp3) is 0.698. The van der Waals surface area contributed by atoms with Crippen molar-refractivity contribution in [2.75, 3.05) is 13.2 Å². The zero-order valence-corrected chi connectivity index (χ0v) is 45.0. The third-order valence-electron chi connectivity index (χ3n) is 12.1. The van der Waals surface area contributed by atoms with Crippen LogP contribution >= 0.6 is 0 Å². The second kappa shape index (κ2) is 56.9. The summed E-state index contributed by atoms with van der Waals surface area (Å²) < 4.78 is 16.8. The van der Waals surface area contributed by atoms with Crippen molar-refractivity contribution in [2.24, 2.45) is 0 Å². The molecule has 0 aromatic carbocycles. The maximum Gasteiger partial charge on any atom is 0.306 e. The largest absolute Gasteiger partial charge is 0.462 e. The standard InChI is InChI=1S/C63H106O6/c1-4-7-10-13-16-19-22-25-28-31-34-37-40-43-46-49-52-55-61(64)67-58-60(69-63(66)57-54-51-48-45-42-39-36-33-30-27-24-21-18-15-12-9-6-3)59-68-62(65)56-53-50-47-44-41-38-35-32-29-26-23-20-17-14-11-8-5-2/h7,9-10,12,16,18-19,21,25,27-28,30,34,37,43,46,60H,4-6,8,11,13-15,17,20,22-24,26,29,31-33,35-36,38-42,44-45,47-59H2,1-3H3/b10-7-,12-9-,19-16-,21-18-,28-25-,30-27-,37-34-,46-43-. The van der Waals surface area contributed by atoms with Crippen LogP contribution in [-0.4, -0.2) is 37.2 Å². The molecule has 0 aromatic heterocycles. The molecule has 69 heavy (non-hydrogen) atoms. The van der Waals surface area contributed by atoms with Gasteiger partial charge in [0, 0.05) is 19.3 Å². The van der Waals surface area contributed by atoms with Crippen molar-refractivity contribution in [3.63, 3.8) is 0 Å². The van der Waals surface area contributed by atoms with Gasteiger partial charge in [0.2, 0.25) is 0 Å². The highest BCUT2D eigenvalue weighted by atomic mass is 16.6. The molecule has 1 unspecified atom stereocenters. The van der Waals surface area contributed by atoms with E-state index in [1.807, 2.05) is 0 Å². The van der Waals surface area contributed by atoms with E-state index in [0.717, 1.165) is 103 Å². The van der Waals surface area contributed by atoms with E-state index in [9.17, 15) is 14.4 Å². The van der Waals surface area contributed by atoms with Crippen LogP contribution in [0.5, 0.6) is 0 Å². The molecule has 0 heterocycles. The van der Waals surface area contributed by atoms with E-state index in [4.69, 9.17) is 14.2 Å². The second-order valence-electron chi connectivity index (χ2n) is 18.8. The predicted octanol–water partition coefficient (Wildman–Crippen LogP) is 19.3. The molecule has 0 spiro atoms. The molecule has 0 bridgehead atoms. The normalized spacial score (nSPS) is 12.8. The SMILES string of the molecule is CC/C=C\C/C=C\C/C=C\C/C=C\C/C=C\CCCC(=O)OCC(COC(=O)CCCCCCCCCCCCCCCCCCC)OC(=O)CCCCCCCCC/C=C\C/C=C\C/C=C\CC. The quantitative estimate of drug-likeness (QED) is 0.0262. The fourth-order valence-electron chi connectivity index (χ4n) is 7.85. The smallest absolute Gasteiger partial charge is 0.306 e. The molecular weight excluding hydrogens is 853 g/mol. The number of hydrogen-bond acceptors (Lipinski definition) is 6. The van der Waals surface area contributed by atoms with Crippen LogP contribution in [-0.2, 0) is 28.6 Å². The van der Waals surface area contributed by atoms with Crippen molar-refractivity contribution >= 4 is 17.9 Å². The monoisotopic (exact) mass is 959 g/mol. The van der Waals surface area contributed by atoms with Gasteiger partial charge in [-0.2, -0.15) is 0 Å². The van der Waals surface area contributed by atoms with Crippen molar-refractivity contribution in [1.82, 2.24) is 0 Å². The van der Waals surface area contributed by atoms with Crippen molar-refractivity contribution in [3.8, 4) is 0 Å². The summed E-state index contributed by atoms with van der Waals surface area (Å²) in [5.74, 6) is -0.963. The van der Waals surface area contributed by atoms with E-state index in [-0.39, 0.29) is 37.5 Å². The first-order chi connectivity index (χ1) is 34.0. The summed E-state index contributed by atoms with van der Waals surface area (Å²) in [7, 11) is 0. The van der Waals surface area contributed by atoms with Gasteiger partial charge < -0.3 is 14.2 Å². The molecule has 0 aliphatic heterocycles. The predicted molar refractivity (Wildman–Crippen MR) is 297 cm³/mol. The summed E-state index contributed by atoms with van der Waals surface area (Å²) in [6.07, 6.45) is 75.4. The Morgan fingerprint density at radius 3 is 0.942 bits per heavy atom. The van der Waals surface area contributed by atoms with Gasteiger partial charge in [0.1, 0.15) is 13.2 Å². The van der Waals surface area contributed by atoms with Crippen LogP contribution in [0.15, 0.2) is 97.2 Å². The lowest BCUT2D eigenvalue weighted by Crippen LogP contribution is -2.30. The van der Waals surface area contributed by atoms with Crippen LogP contribution in [0.4, 0.5) is 0 Å². The molecule has 0 radical (unpaired) electrons. The highest BCUT2D eigenvalue weighted by Crippen LogP contribution is 2.16. The number of esters is 3. The minimum Gasteiger partial charge on any atom is -0.462 e. The van der Waals surface area contributed by atoms with Crippen LogP contribution < -0.4 is 0 Å². The molecule has 0 aromatic rings. The van der Waals surface area contributed by atoms with Gasteiger partial charge in [-0.15, -0.1) is 0 Å². The zero-order valence-electron chi connectivity index (χ0n) is 45.0.